The van der Waals surface area contributed by atoms with E-state index in [4.69, 9.17) is 11.6 Å². The van der Waals surface area contributed by atoms with E-state index < -0.39 is 0 Å². The van der Waals surface area contributed by atoms with Crippen LogP contribution in [0, 0.1) is 11.8 Å². The van der Waals surface area contributed by atoms with Crippen molar-refractivity contribution >= 4 is 17.3 Å². The minimum atomic E-state index is 0.494. The first-order chi connectivity index (χ1) is 7.70. The third-order valence-corrected chi connectivity index (χ3v) is 3.91. The highest BCUT2D eigenvalue weighted by Gasteiger charge is 2.22. The molecule has 2 atom stereocenters. The van der Waals surface area contributed by atoms with Crippen LogP contribution < -0.4 is 4.90 Å². The molecule has 2 rings (SSSR count). The summed E-state index contributed by atoms with van der Waals surface area (Å²) in [5.41, 5.74) is 2.23. The lowest BCUT2D eigenvalue weighted by molar-refractivity contribution is 0.324. The van der Waals surface area contributed by atoms with Gasteiger partial charge >= 0.3 is 0 Å². The Kier molecular flexibility index (Phi) is 3.70. The lowest BCUT2D eigenvalue weighted by Crippen LogP contribution is -2.38. The number of hydrogen-bond donors (Lipinski definition) is 0. The van der Waals surface area contributed by atoms with Crippen LogP contribution in [0.2, 0.25) is 0 Å². The van der Waals surface area contributed by atoms with Crippen molar-refractivity contribution in [2.75, 3.05) is 18.0 Å². The summed E-state index contributed by atoms with van der Waals surface area (Å²) >= 11 is 5.81. The average molecular weight is 239 g/mol. The van der Waals surface area contributed by atoms with E-state index in [1.807, 2.05) is 6.20 Å². The van der Waals surface area contributed by atoms with Gasteiger partial charge in [-0.1, -0.05) is 13.8 Å². The van der Waals surface area contributed by atoms with Gasteiger partial charge < -0.3 is 4.90 Å². The van der Waals surface area contributed by atoms with Crippen LogP contribution in [0.5, 0.6) is 0 Å². The molecule has 0 aromatic carbocycles. The topological polar surface area (TPSA) is 16.1 Å². The van der Waals surface area contributed by atoms with Crippen molar-refractivity contribution in [3.8, 4) is 0 Å². The van der Waals surface area contributed by atoms with Crippen molar-refractivity contribution in [3.63, 3.8) is 0 Å². The molecule has 1 fully saturated rings. The van der Waals surface area contributed by atoms with Gasteiger partial charge in [-0.25, -0.2) is 0 Å². The van der Waals surface area contributed by atoms with Crippen molar-refractivity contribution in [1.29, 1.82) is 0 Å². The van der Waals surface area contributed by atoms with Crippen LogP contribution in [-0.2, 0) is 5.88 Å². The molecule has 88 valence electrons. The van der Waals surface area contributed by atoms with E-state index in [-0.39, 0.29) is 0 Å². The van der Waals surface area contributed by atoms with Crippen molar-refractivity contribution in [1.82, 2.24) is 4.98 Å². The highest BCUT2D eigenvalue weighted by atomic mass is 35.5. The van der Waals surface area contributed by atoms with E-state index in [0.717, 1.165) is 30.6 Å². The largest absolute Gasteiger partial charge is 0.371 e. The molecule has 1 aliphatic heterocycles. The first-order valence-electron chi connectivity index (χ1n) is 5.96. The van der Waals surface area contributed by atoms with E-state index in [1.54, 1.807) is 0 Å². The van der Waals surface area contributed by atoms with Gasteiger partial charge in [-0.15, -0.1) is 11.6 Å². The summed E-state index contributed by atoms with van der Waals surface area (Å²) in [4.78, 5) is 6.67. The molecule has 0 bridgehead atoms. The molecule has 1 aromatic heterocycles. The van der Waals surface area contributed by atoms with Crippen LogP contribution in [0.15, 0.2) is 18.3 Å². The normalized spacial score (nSPS) is 25.8. The molecule has 0 aliphatic carbocycles. The Morgan fingerprint density at radius 1 is 1.44 bits per heavy atom. The summed E-state index contributed by atoms with van der Waals surface area (Å²) in [7, 11) is 0. The molecule has 1 aliphatic rings. The number of nitrogens with zero attached hydrogens (tertiary/aromatic N) is 2. The molecule has 1 saturated heterocycles. The molecule has 0 N–H and O–H groups in total. The second kappa shape index (κ2) is 5.05. The Balaban J connectivity index is 2.12. The lowest BCUT2D eigenvalue weighted by atomic mass is 9.88. The van der Waals surface area contributed by atoms with Gasteiger partial charge in [-0.3, -0.25) is 4.98 Å². The minimum absolute atomic E-state index is 0.494. The van der Waals surface area contributed by atoms with Gasteiger partial charge in [0, 0.05) is 25.0 Å². The number of aromatic nitrogens is 1. The quantitative estimate of drug-likeness (QED) is 0.735. The Morgan fingerprint density at radius 3 is 2.94 bits per heavy atom. The second-order valence-electron chi connectivity index (χ2n) is 4.83. The maximum absolute atomic E-state index is 5.81. The smallest absolute Gasteiger partial charge is 0.0648 e. The fourth-order valence-electron chi connectivity index (χ4n) is 2.23. The summed E-state index contributed by atoms with van der Waals surface area (Å²) in [6.45, 7) is 6.98. The maximum atomic E-state index is 5.81. The summed E-state index contributed by atoms with van der Waals surface area (Å²) in [6.07, 6.45) is 3.13. The van der Waals surface area contributed by atoms with Crippen molar-refractivity contribution < 1.29 is 0 Å². The van der Waals surface area contributed by atoms with Gasteiger partial charge in [0.1, 0.15) is 0 Å². The predicted molar refractivity (Wildman–Crippen MR) is 69.0 cm³/mol. The van der Waals surface area contributed by atoms with Crippen LogP contribution >= 0.6 is 11.6 Å². The molecule has 16 heavy (non-hydrogen) atoms. The molecule has 2 heterocycles. The first-order valence-corrected chi connectivity index (χ1v) is 6.50. The minimum Gasteiger partial charge on any atom is -0.371 e. The number of alkyl halides is 1. The Bertz CT molecular complexity index is 354. The van der Waals surface area contributed by atoms with E-state index in [9.17, 15) is 0 Å². The number of hydrogen-bond acceptors (Lipinski definition) is 2. The zero-order valence-electron chi connectivity index (χ0n) is 9.99. The van der Waals surface area contributed by atoms with Crippen LogP contribution in [0.1, 0.15) is 26.0 Å². The van der Waals surface area contributed by atoms with E-state index in [2.05, 4.69) is 35.9 Å². The number of halogens is 1. The molecule has 1 aromatic rings. The van der Waals surface area contributed by atoms with Crippen LogP contribution in [-0.4, -0.2) is 18.1 Å². The third-order valence-electron chi connectivity index (χ3n) is 3.64. The standard InChI is InChI=1S/C13H19ClN2/c1-10-4-6-16(9-11(10)2)13-3-5-15-12(7-13)8-14/h3,5,7,10-11H,4,6,8-9H2,1-2H3. The number of pyridine rings is 1. The number of rotatable bonds is 2. The van der Waals surface area contributed by atoms with E-state index >= 15 is 0 Å². The molecular weight excluding hydrogens is 220 g/mol. The fraction of sp³-hybridized carbons (Fsp3) is 0.615. The van der Waals surface area contributed by atoms with Gasteiger partial charge in [-0.05, 0) is 30.4 Å². The van der Waals surface area contributed by atoms with Crippen molar-refractivity contribution in [2.24, 2.45) is 11.8 Å². The Labute approximate surface area is 103 Å². The number of piperidine rings is 1. The molecule has 3 heteroatoms. The summed E-state index contributed by atoms with van der Waals surface area (Å²) in [5.74, 6) is 2.10. The molecule has 0 amide bonds. The summed E-state index contributed by atoms with van der Waals surface area (Å²) in [5, 5.41) is 0. The highest BCUT2D eigenvalue weighted by molar-refractivity contribution is 6.16. The molecule has 0 saturated carbocycles. The van der Waals surface area contributed by atoms with E-state index in [1.165, 1.54) is 12.1 Å². The lowest BCUT2D eigenvalue weighted by Gasteiger charge is -2.36. The van der Waals surface area contributed by atoms with Gasteiger partial charge in [0.05, 0.1) is 11.6 Å². The highest BCUT2D eigenvalue weighted by Crippen LogP contribution is 2.27. The van der Waals surface area contributed by atoms with Crippen LogP contribution in [0.3, 0.4) is 0 Å². The summed E-state index contributed by atoms with van der Waals surface area (Å²) < 4.78 is 0. The Hall–Kier alpha value is -0.760. The molecule has 2 unspecified atom stereocenters. The van der Waals surface area contributed by atoms with Gasteiger partial charge in [0.2, 0.25) is 0 Å². The fourth-order valence-corrected chi connectivity index (χ4v) is 2.38. The summed E-state index contributed by atoms with van der Waals surface area (Å²) in [6, 6.07) is 4.19. The van der Waals surface area contributed by atoms with Crippen LogP contribution in [0.25, 0.3) is 0 Å². The first kappa shape index (κ1) is 11.7. The molecule has 0 radical (unpaired) electrons. The average Bonchev–Trinajstić information content (AvgIpc) is 2.33. The van der Waals surface area contributed by atoms with Crippen molar-refractivity contribution in [2.45, 2.75) is 26.1 Å². The zero-order valence-corrected chi connectivity index (χ0v) is 10.7. The second-order valence-corrected chi connectivity index (χ2v) is 5.10. The van der Waals surface area contributed by atoms with Gasteiger partial charge in [-0.2, -0.15) is 0 Å². The SMILES string of the molecule is CC1CCN(c2ccnc(CCl)c2)CC1C. The Morgan fingerprint density at radius 2 is 2.25 bits per heavy atom. The van der Waals surface area contributed by atoms with E-state index in [0.29, 0.717) is 5.88 Å². The van der Waals surface area contributed by atoms with Gasteiger partial charge in [0.25, 0.3) is 0 Å². The van der Waals surface area contributed by atoms with Crippen molar-refractivity contribution in [3.05, 3.63) is 24.0 Å². The van der Waals surface area contributed by atoms with Crippen LogP contribution in [0.4, 0.5) is 5.69 Å². The van der Waals surface area contributed by atoms with Gasteiger partial charge in [0.15, 0.2) is 0 Å². The maximum Gasteiger partial charge on any atom is 0.0648 e. The number of anilines is 1. The zero-order chi connectivity index (χ0) is 11.5. The molecule has 0 spiro atoms. The molecular formula is C13H19ClN2. The monoisotopic (exact) mass is 238 g/mol. The molecule has 2 nitrogen and oxygen atoms in total. The predicted octanol–water partition coefficient (Wildman–Crippen LogP) is 3.30. The third kappa shape index (κ3) is 2.49.